The Morgan fingerprint density at radius 3 is 2.97 bits per heavy atom. The Kier molecular flexibility index (Phi) is 6.06. The van der Waals surface area contributed by atoms with Crippen LogP contribution in [0.5, 0.6) is 0 Å². The summed E-state index contributed by atoms with van der Waals surface area (Å²) in [7, 11) is 0. The monoisotopic (exact) mass is 407 g/mol. The predicted octanol–water partition coefficient (Wildman–Crippen LogP) is 3.00. The molecule has 0 radical (unpaired) electrons. The van der Waals surface area contributed by atoms with Gasteiger partial charge in [0, 0.05) is 54.6 Å². The second-order valence-corrected chi connectivity index (χ2v) is 8.01. The summed E-state index contributed by atoms with van der Waals surface area (Å²) in [4.78, 5) is 11.8. The molecule has 4 heterocycles. The van der Waals surface area contributed by atoms with Crippen molar-refractivity contribution in [1.82, 2.24) is 25.5 Å². The fourth-order valence-electron chi connectivity index (χ4n) is 3.81. The lowest BCUT2D eigenvalue weighted by Gasteiger charge is -2.34. The summed E-state index contributed by atoms with van der Waals surface area (Å²) < 4.78 is 5.61. The zero-order valence-electron chi connectivity index (χ0n) is 17.8. The Hall–Kier alpha value is -2.84. The molecule has 0 amide bonds. The van der Waals surface area contributed by atoms with Crippen LogP contribution in [0.1, 0.15) is 32.8 Å². The molecule has 1 fully saturated rings. The Labute approximate surface area is 176 Å². The van der Waals surface area contributed by atoms with Crippen molar-refractivity contribution in [3.05, 3.63) is 36.2 Å². The van der Waals surface area contributed by atoms with Crippen LogP contribution in [-0.4, -0.2) is 64.3 Å². The first-order chi connectivity index (χ1) is 14.5. The van der Waals surface area contributed by atoms with Gasteiger partial charge in [0.15, 0.2) is 0 Å². The molecule has 4 rings (SSSR count). The van der Waals surface area contributed by atoms with Crippen LogP contribution in [-0.2, 0) is 4.74 Å². The number of hydrogen-bond donors (Lipinski definition) is 3. The van der Waals surface area contributed by atoms with Gasteiger partial charge in [-0.05, 0) is 25.1 Å². The first kappa shape index (κ1) is 20.4. The lowest BCUT2D eigenvalue weighted by atomic mass is 10.0. The number of H-pyrrole nitrogens is 1. The van der Waals surface area contributed by atoms with Crippen LogP contribution in [0.25, 0.3) is 22.3 Å². The van der Waals surface area contributed by atoms with Crippen molar-refractivity contribution in [2.75, 3.05) is 31.2 Å². The number of hydrogen-bond acceptors (Lipinski definition) is 7. The highest BCUT2D eigenvalue weighted by Crippen LogP contribution is 2.30. The number of fused-ring (bicyclic) bond motifs is 1. The van der Waals surface area contributed by atoms with Gasteiger partial charge in [0.25, 0.3) is 0 Å². The molecule has 0 aliphatic carbocycles. The summed E-state index contributed by atoms with van der Waals surface area (Å²) >= 11 is 0. The summed E-state index contributed by atoms with van der Waals surface area (Å²) in [6.45, 7) is 9.27. The first-order valence-electron chi connectivity index (χ1n) is 10.5. The van der Waals surface area contributed by atoms with Crippen molar-refractivity contribution in [3.63, 3.8) is 0 Å². The van der Waals surface area contributed by atoms with E-state index in [0.29, 0.717) is 31.4 Å². The van der Waals surface area contributed by atoms with Gasteiger partial charge in [0.1, 0.15) is 17.0 Å². The number of aromatic amines is 1. The van der Waals surface area contributed by atoms with Gasteiger partial charge in [-0.1, -0.05) is 13.8 Å². The highest BCUT2D eigenvalue weighted by Gasteiger charge is 2.23. The van der Waals surface area contributed by atoms with Crippen molar-refractivity contribution in [1.29, 1.82) is 5.41 Å². The topological polar surface area (TPSA) is 103 Å². The second-order valence-electron chi connectivity index (χ2n) is 8.01. The van der Waals surface area contributed by atoms with Crippen LogP contribution < -0.4 is 10.2 Å². The van der Waals surface area contributed by atoms with Crippen LogP contribution in [0.4, 0.5) is 5.82 Å². The number of rotatable bonds is 7. The lowest BCUT2D eigenvalue weighted by Crippen LogP contribution is -2.44. The summed E-state index contributed by atoms with van der Waals surface area (Å²) in [6.07, 6.45) is 4.14. The second kappa shape index (κ2) is 8.89. The average Bonchev–Trinajstić information content (AvgIpc) is 3.27. The number of nitrogens with one attached hydrogen (secondary N) is 3. The van der Waals surface area contributed by atoms with Crippen LogP contribution in [0.2, 0.25) is 0 Å². The molecule has 3 N–H and O–H groups in total. The van der Waals surface area contributed by atoms with Crippen LogP contribution in [0, 0.1) is 5.41 Å². The third-order valence-electron chi connectivity index (χ3n) is 5.38. The zero-order valence-corrected chi connectivity index (χ0v) is 17.8. The molecule has 1 aliphatic rings. The molecule has 0 aromatic carbocycles. The number of aromatic nitrogens is 4. The molecule has 0 bridgehead atoms. The number of anilines is 1. The molecule has 30 heavy (non-hydrogen) atoms. The van der Waals surface area contributed by atoms with Gasteiger partial charge < -0.3 is 20.4 Å². The summed E-state index contributed by atoms with van der Waals surface area (Å²) in [6, 6.07) is 6.52. The van der Waals surface area contributed by atoms with Gasteiger partial charge in [-0.3, -0.25) is 10.1 Å². The number of pyridine rings is 2. The molecule has 0 spiro atoms. The standard InChI is InChI=1S/C22H29N7O/c1-14(2)24-8-5-18(23)17-12-20(29-10-11-30-13-15(29)3)27-21-16(17)4-7-25-22(21)19-6-9-26-28-19/h4,6-7,9,12,14-15,23-24H,5,8,10-11,13H2,1-3H3,(H,26,28)/t15-/m1/s1. The number of ether oxygens (including phenoxy) is 1. The van der Waals surface area contributed by atoms with Crippen molar-refractivity contribution in [2.24, 2.45) is 0 Å². The summed E-state index contributed by atoms with van der Waals surface area (Å²) in [5, 5.41) is 20.2. The number of morpholine rings is 1. The highest BCUT2D eigenvalue weighted by molar-refractivity contribution is 6.11. The SMILES string of the molecule is CC(C)NCCC(=N)c1cc(N2CCOC[C@H]2C)nc2c(-c3ccn[nH]3)nccc12. The van der Waals surface area contributed by atoms with E-state index in [2.05, 4.69) is 52.2 Å². The fraction of sp³-hybridized carbons (Fsp3) is 0.455. The van der Waals surface area contributed by atoms with E-state index < -0.39 is 0 Å². The van der Waals surface area contributed by atoms with Crippen LogP contribution in [0.15, 0.2) is 30.6 Å². The zero-order chi connectivity index (χ0) is 21.1. The minimum atomic E-state index is 0.223. The van der Waals surface area contributed by atoms with Crippen molar-refractivity contribution < 1.29 is 4.74 Å². The molecule has 158 valence electrons. The van der Waals surface area contributed by atoms with E-state index in [-0.39, 0.29) is 6.04 Å². The van der Waals surface area contributed by atoms with Gasteiger partial charge >= 0.3 is 0 Å². The van der Waals surface area contributed by atoms with E-state index in [1.54, 1.807) is 12.4 Å². The molecule has 0 unspecified atom stereocenters. The van der Waals surface area contributed by atoms with Crippen molar-refractivity contribution in [2.45, 2.75) is 39.3 Å². The van der Waals surface area contributed by atoms with Gasteiger partial charge in [-0.15, -0.1) is 0 Å². The van der Waals surface area contributed by atoms with Crippen LogP contribution >= 0.6 is 0 Å². The molecule has 1 atom stereocenters. The Morgan fingerprint density at radius 2 is 2.23 bits per heavy atom. The largest absolute Gasteiger partial charge is 0.377 e. The van der Waals surface area contributed by atoms with E-state index in [4.69, 9.17) is 15.1 Å². The Morgan fingerprint density at radius 1 is 1.37 bits per heavy atom. The maximum atomic E-state index is 8.81. The van der Waals surface area contributed by atoms with Crippen molar-refractivity contribution in [3.8, 4) is 11.4 Å². The van der Waals surface area contributed by atoms with E-state index in [0.717, 1.165) is 46.8 Å². The first-order valence-corrected chi connectivity index (χ1v) is 10.5. The molecule has 0 saturated carbocycles. The van der Waals surface area contributed by atoms with Crippen LogP contribution in [0.3, 0.4) is 0 Å². The smallest absolute Gasteiger partial charge is 0.130 e. The van der Waals surface area contributed by atoms with E-state index in [1.165, 1.54) is 0 Å². The molecule has 1 saturated heterocycles. The third-order valence-corrected chi connectivity index (χ3v) is 5.38. The molecule has 3 aromatic rings. The van der Waals surface area contributed by atoms with Gasteiger partial charge in [-0.2, -0.15) is 5.10 Å². The molecular formula is C22H29N7O. The Balaban J connectivity index is 1.82. The minimum Gasteiger partial charge on any atom is -0.377 e. The summed E-state index contributed by atoms with van der Waals surface area (Å²) in [5.41, 5.74) is 3.86. The van der Waals surface area contributed by atoms with Gasteiger partial charge in [0.2, 0.25) is 0 Å². The number of nitrogens with zero attached hydrogens (tertiary/aromatic N) is 4. The Bertz CT molecular complexity index is 1020. The molecule has 8 heteroatoms. The van der Waals surface area contributed by atoms with E-state index in [1.807, 2.05) is 12.1 Å². The maximum absolute atomic E-state index is 8.81. The third kappa shape index (κ3) is 4.20. The maximum Gasteiger partial charge on any atom is 0.130 e. The molecule has 3 aromatic heterocycles. The summed E-state index contributed by atoms with van der Waals surface area (Å²) in [5.74, 6) is 0.864. The van der Waals surface area contributed by atoms with E-state index >= 15 is 0 Å². The average molecular weight is 408 g/mol. The van der Waals surface area contributed by atoms with Gasteiger partial charge in [0.05, 0.1) is 24.9 Å². The normalized spacial score (nSPS) is 17.1. The molecule has 1 aliphatic heterocycles. The highest BCUT2D eigenvalue weighted by atomic mass is 16.5. The predicted molar refractivity (Wildman–Crippen MR) is 119 cm³/mol. The fourth-order valence-corrected chi connectivity index (χ4v) is 3.81. The van der Waals surface area contributed by atoms with Crippen molar-refractivity contribution >= 4 is 22.4 Å². The minimum absolute atomic E-state index is 0.223. The quantitative estimate of drug-likeness (QED) is 0.520. The van der Waals surface area contributed by atoms with Gasteiger partial charge in [-0.25, -0.2) is 4.98 Å². The lowest BCUT2D eigenvalue weighted by molar-refractivity contribution is 0.0986. The molecule has 8 nitrogen and oxygen atoms in total. The molecular weight excluding hydrogens is 378 g/mol. The van der Waals surface area contributed by atoms with E-state index in [9.17, 15) is 0 Å².